The van der Waals surface area contributed by atoms with Crippen LogP contribution in [0.4, 0.5) is 4.79 Å². The van der Waals surface area contributed by atoms with Crippen molar-refractivity contribution in [3.8, 4) is 17.2 Å². The Hall–Kier alpha value is -2.89. The molecule has 0 atom stereocenters. The molecule has 3 aromatic rings. The van der Waals surface area contributed by atoms with Gasteiger partial charge in [0.25, 0.3) is 11.1 Å². The minimum atomic E-state index is -4.19. The summed E-state index contributed by atoms with van der Waals surface area (Å²) in [6.07, 6.45) is 1.43. The van der Waals surface area contributed by atoms with E-state index in [1.54, 1.807) is 24.3 Å². The topological polar surface area (TPSA) is 99.2 Å². The molecule has 2 aliphatic heterocycles. The third-order valence-corrected chi connectivity index (χ3v) is 8.62. The van der Waals surface area contributed by atoms with Crippen LogP contribution in [0, 0.1) is 6.92 Å². The lowest BCUT2D eigenvalue weighted by Gasteiger charge is -2.14. The van der Waals surface area contributed by atoms with Crippen molar-refractivity contribution in [3.63, 3.8) is 0 Å². The van der Waals surface area contributed by atoms with E-state index in [0.29, 0.717) is 27.6 Å². The molecule has 2 aliphatic rings. The van der Waals surface area contributed by atoms with Gasteiger partial charge in [-0.3, -0.25) is 14.5 Å². The summed E-state index contributed by atoms with van der Waals surface area (Å²) in [4.78, 5) is 26.8. The number of imide groups is 1. The van der Waals surface area contributed by atoms with Crippen molar-refractivity contribution in [3.05, 3.63) is 85.2 Å². The van der Waals surface area contributed by atoms with Crippen LogP contribution in [0.2, 0.25) is 15.1 Å². The first kappa shape index (κ1) is 26.7. The number of aryl methyl sites for hydroxylation is 1. The third-order valence-electron chi connectivity index (χ3n) is 5.56. The number of hydrogen-bond donors (Lipinski definition) is 0. The van der Waals surface area contributed by atoms with Crippen LogP contribution in [-0.4, -0.2) is 31.3 Å². The van der Waals surface area contributed by atoms with E-state index in [2.05, 4.69) is 0 Å². The van der Waals surface area contributed by atoms with E-state index in [9.17, 15) is 18.0 Å². The predicted octanol–water partition coefficient (Wildman–Crippen LogP) is 6.69. The van der Waals surface area contributed by atoms with E-state index < -0.39 is 21.3 Å². The summed E-state index contributed by atoms with van der Waals surface area (Å²) in [7, 11) is -4.19. The number of amides is 2. The van der Waals surface area contributed by atoms with E-state index in [1.165, 1.54) is 30.3 Å². The Morgan fingerprint density at radius 2 is 1.61 bits per heavy atom. The number of thioether (sulfide) groups is 1. The second kappa shape index (κ2) is 10.3. The lowest BCUT2D eigenvalue weighted by Crippen LogP contribution is -2.27. The van der Waals surface area contributed by atoms with Gasteiger partial charge in [-0.15, -0.1) is 0 Å². The Morgan fingerprint density at radius 1 is 0.974 bits per heavy atom. The molecule has 1 saturated heterocycles. The summed E-state index contributed by atoms with van der Waals surface area (Å²) < 4.78 is 41.2. The number of carbonyl (C=O) groups excluding carboxylic acids is 2. The first-order chi connectivity index (χ1) is 18.0. The van der Waals surface area contributed by atoms with Gasteiger partial charge in [0.1, 0.15) is 4.90 Å². The smallest absolute Gasteiger partial charge is 0.339 e. The monoisotopic (exact) mass is 611 g/mol. The molecule has 38 heavy (non-hydrogen) atoms. The maximum atomic E-state index is 13.0. The summed E-state index contributed by atoms with van der Waals surface area (Å²) in [6.45, 7) is 1.82. The van der Waals surface area contributed by atoms with Crippen LogP contribution in [0.3, 0.4) is 0 Å². The van der Waals surface area contributed by atoms with E-state index in [0.717, 1.165) is 22.2 Å². The maximum Gasteiger partial charge on any atom is 0.339 e. The molecule has 0 radical (unpaired) electrons. The Kier molecular flexibility index (Phi) is 7.27. The summed E-state index contributed by atoms with van der Waals surface area (Å²) in [5.74, 6) is 0.170. The second-order valence-corrected chi connectivity index (χ2v) is 12.0. The minimum absolute atomic E-state index is 0.0597. The fourth-order valence-corrected chi connectivity index (χ4v) is 6.33. The molecular formula is C25H16Cl3NO7S2. The molecule has 3 aromatic carbocycles. The molecule has 196 valence electrons. The van der Waals surface area contributed by atoms with Gasteiger partial charge in [-0.05, 0) is 66.2 Å². The number of hydrogen-bond acceptors (Lipinski definition) is 8. The summed E-state index contributed by atoms with van der Waals surface area (Å²) in [5, 5.41) is -0.347. The van der Waals surface area contributed by atoms with Crippen LogP contribution in [0.5, 0.6) is 17.2 Å². The molecule has 8 nitrogen and oxygen atoms in total. The number of ether oxygens (including phenoxy) is 2. The largest absolute Gasteiger partial charge is 0.454 e. The lowest BCUT2D eigenvalue weighted by atomic mass is 10.1. The van der Waals surface area contributed by atoms with Gasteiger partial charge < -0.3 is 13.7 Å². The third kappa shape index (κ3) is 5.32. The molecular weight excluding hydrogens is 597 g/mol. The zero-order valence-corrected chi connectivity index (χ0v) is 23.3. The van der Waals surface area contributed by atoms with Crippen molar-refractivity contribution in [2.24, 2.45) is 0 Å². The normalized spacial score (nSPS) is 16.0. The minimum Gasteiger partial charge on any atom is -0.454 e. The average Bonchev–Trinajstić information content (AvgIpc) is 3.41. The molecule has 0 aliphatic carbocycles. The van der Waals surface area contributed by atoms with Crippen LogP contribution < -0.4 is 13.7 Å². The van der Waals surface area contributed by atoms with Crippen molar-refractivity contribution >= 4 is 73.9 Å². The van der Waals surface area contributed by atoms with Gasteiger partial charge in [-0.1, -0.05) is 52.5 Å². The van der Waals surface area contributed by atoms with Gasteiger partial charge in [-0.2, -0.15) is 8.42 Å². The average molecular weight is 613 g/mol. The fraction of sp³-hybridized carbons (Fsp3) is 0.120. The molecule has 13 heteroatoms. The van der Waals surface area contributed by atoms with Gasteiger partial charge in [-0.25, -0.2) is 0 Å². The summed E-state index contributed by atoms with van der Waals surface area (Å²) >= 11 is 19.6. The van der Waals surface area contributed by atoms with Crippen LogP contribution in [-0.2, 0) is 21.5 Å². The van der Waals surface area contributed by atoms with Crippen LogP contribution in [0.15, 0.2) is 58.3 Å². The molecule has 5 rings (SSSR count). The molecule has 0 aromatic heterocycles. The Labute approximate surface area is 237 Å². The highest BCUT2D eigenvalue weighted by molar-refractivity contribution is 8.18. The van der Waals surface area contributed by atoms with Crippen molar-refractivity contribution in [1.29, 1.82) is 0 Å². The molecule has 2 heterocycles. The SMILES string of the molecule is Cc1ccc(S(=O)(=O)Oc2c(Cl)cc(/C=C3\SC(=O)N(Cc4cc5c(cc4Cl)OCO5)C3=O)cc2Cl)cc1. The van der Waals surface area contributed by atoms with Crippen LogP contribution in [0.1, 0.15) is 16.7 Å². The van der Waals surface area contributed by atoms with Gasteiger partial charge >= 0.3 is 10.1 Å². The molecule has 2 amide bonds. The molecule has 0 unspecified atom stereocenters. The molecule has 0 spiro atoms. The highest BCUT2D eigenvalue weighted by Gasteiger charge is 2.36. The number of fused-ring (bicyclic) bond motifs is 1. The molecule has 1 fully saturated rings. The van der Waals surface area contributed by atoms with Gasteiger partial charge in [0.15, 0.2) is 17.2 Å². The first-order valence-electron chi connectivity index (χ1n) is 10.9. The van der Waals surface area contributed by atoms with Crippen molar-refractivity contribution in [2.45, 2.75) is 18.4 Å². The Bertz CT molecular complexity index is 1600. The van der Waals surface area contributed by atoms with Crippen molar-refractivity contribution in [2.75, 3.05) is 6.79 Å². The van der Waals surface area contributed by atoms with Crippen LogP contribution >= 0.6 is 46.6 Å². The van der Waals surface area contributed by atoms with Crippen LogP contribution in [0.25, 0.3) is 6.08 Å². The van der Waals surface area contributed by atoms with Crippen molar-refractivity contribution < 1.29 is 31.7 Å². The number of halogens is 3. The Balaban J connectivity index is 1.36. The fourth-order valence-electron chi connectivity index (χ4n) is 3.64. The number of carbonyl (C=O) groups is 2. The Morgan fingerprint density at radius 3 is 2.26 bits per heavy atom. The zero-order valence-electron chi connectivity index (χ0n) is 19.4. The summed E-state index contributed by atoms with van der Waals surface area (Å²) in [6, 6.07) is 12.1. The predicted molar refractivity (Wildman–Crippen MR) is 145 cm³/mol. The van der Waals surface area contributed by atoms with E-state index >= 15 is 0 Å². The zero-order chi connectivity index (χ0) is 27.2. The highest BCUT2D eigenvalue weighted by atomic mass is 35.5. The maximum absolute atomic E-state index is 13.0. The van der Waals surface area contributed by atoms with E-state index in [1.807, 2.05) is 6.92 Å². The second-order valence-electron chi connectivity index (χ2n) is 8.23. The lowest BCUT2D eigenvalue weighted by molar-refractivity contribution is -0.123. The quantitative estimate of drug-likeness (QED) is 0.224. The number of nitrogens with zero attached hydrogens (tertiary/aromatic N) is 1. The van der Waals surface area contributed by atoms with Gasteiger partial charge in [0.2, 0.25) is 6.79 Å². The number of benzene rings is 3. The highest BCUT2D eigenvalue weighted by Crippen LogP contribution is 2.41. The van der Waals surface area contributed by atoms with Gasteiger partial charge in [0.05, 0.1) is 21.5 Å². The standard InChI is InChI=1S/C25H16Cl3NO7S2/c1-13-2-4-16(5-3-13)38(32,33)36-23-18(27)6-14(7-19(23)28)8-22-24(30)29(25(31)37-22)11-15-9-20-21(10-17(15)26)35-12-34-20/h2-10H,11-12H2,1H3/b22-8-. The van der Waals surface area contributed by atoms with Crippen molar-refractivity contribution in [1.82, 2.24) is 4.90 Å². The molecule has 0 bridgehead atoms. The van der Waals surface area contributed by atoms with E-state index in [-0.39, 0.29) is 38.9 Å². The first-order valence-corrected chi connectivity index (χ1v) is 14.2. The van der Waals surface area contributed by atoms with E-state index in [4.69, 9.17) is 48.5 Å². The number of rotatable bonds is 6. The van der Waals surface area contributed by atoms with Gasteiger partial charge in [0, 0.05) is 11.1 Å². The molecule has 0 saturated carbocycles. The summed E-state index contributed by atoms with van der Waals surface area (Å²) in [5.41, 5.74) is 1.77. The molecule has 0 N–H and O–H groups in total.